The lowest BCUT2D eigenvalue weighted by atomic mass is 10.3. The summed E-state index contributed by atoms with van der Waals surface area (Å²) in [7, 11) is 0. The molecule has 0 bridgehead atoms. The second-order valence-corrected chi connectivity index (χ2v) is 1.46. The van der Waals surface area contributed by atoms with E-state index in [-0.39, 0.29) is 0 Å². The number of rotatable bonds is 1. The number of unbranched alkanes of at least 4 members (excludes halogenated alkanes) is 1. The van der Waals surface area contributed by atoms with Gasteiger partial charge in [0.15, 0.2) is 0 Å². The Morgan fingerprint density at radius 1 is 1.00 bits per heavy atom. The van der Waals surface area contributed by atoms with E-state index in [0.717, 1.165) is 12.8 Å². The quantitative estimate of drug-likeness (QED) is 0.473. The van der Waals surface area contributed by atoms with Gasteiger partial charge in [-0.15, -0.1) is 11.8 Å². The van der Waals surface area contributed by atoms with Gasteiger partial charge >= 0.3 is 0 Å². The van der Waals surface area contributed by atoms with Crippen molar-refractivity contribution in [3.8, 4) is 11.8 Å². The second kappa shape index (κ2) is 15.6. The fourth-order valence-corrected chi connectivity index (χ4v) is 0.338. The molecule has 0 aliphatic carbocycles. The van der Waals surface area contributed by atoms with Crippen LogP contribution in [0.4, 0.5) is 0 Å². The minimum Gasteiger partial charge on any atom is -0.104 e. The molecule has 0 aromatic rings. The molecular weight excluding hydrogens is 108 g/mol. The lowest BCUT2D eigenvalue weighted by Crippen LogP contribution is -1.59. The lowest BCUT2D eigenvalue weighted by molar-refractivity contribution is 0.981. The second-order valence-electron chi connectivity index (χ2n) is 1.46. The third kappa shape index (κ3) is 18.4. The molecule has 0 rings (SSSR count). The fourth-order valence-electron chi connectivity index (χ4n) is 0.338. The van der Waals surface area contributed by atoms with Crippen molar-refractivity contribution in [1.29, 1.82) is 0 Å². The molecule has 0 unspecified atom stereocenters. The summed E-state index contributed by atoms with van der Waals surface area (Å²) in [6, 6.07) is 0. The van der Waals surface area contributed by atoms with E-state index in [9.17, 15) is 0 Å². The molecule has 0 N–H and O–H groups in total. The largest absolute Gasteiger partial charge is 0.104 e. The standard InChI is InChI=1S/C7H12.C2H6/c1-3-5-7-6-4-2;1-2/h3-5H2,1-2H3;1-2H3. The van der Waals surface area contributed by atoms with Gasteiger partial charge in [0.25, 0.3) is 0 Å². The first kappa shape index (κ1) is 11.4. The molecule has 0 fully saturated rings. The Kier molecular flexibility index (Phi) is 19.8. The van der Waals surface area contributed by atoms with Crippen molar-refractivity contribution in [1.82, 2.24) is 0 Å². The summed E-state index contributed by atoms with van der Waals surface area (Å²) in [4.78, 5) is 0. The monoisotopic (exact) mass is 126 g/mol. The molecule has 0 aliphatic rings. The topological polar surface area (TPSA) is 0 Å². The van der Waals surface area contributed by atoms with Gasteiger partial charge in [0.1, 0.15) is 0 Å². The van der Waals surface area contributed by atoms with Gasteiger partial charge in [-0.3, -0.25) is 0 Å². The molecule has 0 spiro atoms. The van der Waals surface area contributed by atoms with Gasteiger partial charge in [0, 0.05) is 12.8 Å². The van der Waals surface area contributed by atoms with Gasteiger partial charge in [-0.2, -0.15) is 0 Å². The van der Waals surface area contributed by atoms with Gasteiger partial charge in [-0.05, 0) is 6.42 Å². The summed E-state index contributed by atoms with van der Waals surface area (Å²) in [6.45, 7) is 8.22. The molecule has 0 heteroatoms. The molecule has 0 radical (unpaired) electrons. The molecule has 0 atom stereocenters. The van der Waals surface area contributed by atoms with Crippen LogP contribution in [0.1, 0.15) is 47.0 Å². The van der Waals surface area contributed by atoms with Gasteiger partial charge < -0.3 is 0 Å². The Morgan fingerprint density at radius 3 is 1.89 bits per heavy atom. The minimum absolute atomic E-state index is 1.00. The molecule has 0 aromatic carbocycles. The Hall–Kier alpha value is -0.440. The molecule has 0 nitrogen and oxygen atoms in total. The smallest absolute Gasteiger partial charge is 0.00860 e. The first-order chi connectivity index (χ1) is 4.41. The molecule has 0 saturated carbocycles. The Morgan fingerprint density at radius 2 is 1.56 bits per heavy atom. The summed E-state index contributed by atoms with van der Waals surface area (Å²) in [5.41, 5.74) is 0. The molecule has 0 heterocycles. The summed E-state index contributed by atoms with van der Waals surface area (Å²) >= 11 is 0. The van der Waals surface area contributed by atoms with Crippen molar-refractivity contribution < 1.29 is 0 Å². The van der Waals surface area contributed by atoms with Crippen LogP contribution in [0.2, 0.25) is 0 Å². The van der Waals surface area contributed by atoms with Crippen LogP contribution < -0.4 is 0 Å². The third-order valence-electron chi connectivity index (χ3n) is 0.677. The highest BCUT2D eigenvalue weighted by Crippen LogP contribution is 1.81. The van der Waals surface area contributed by atoms with Crippen molar-refractivity contribution in [3.05, 3.63) is 0 Å². The van der Waals surface area contributed by atoms with Crippen LogP contribution in [0.15, 0.2) is 0 Å². The molecular formula is C9H18. The summed E-state index contributed by atoms with van der Waals surface area (Å²) in [6.07, 6.45) is 3.25. The predicted octanol–water partition coefficient (Wildman–Crippen LogP) is 3.23. The average Bonchev–Trinajstić information content (AvgIpc) is 1.94. The van der Waals surface area contributed by atoms with Crippen LogP contribution in [0.5, 0.6) is 0 Å². The Bertz CT molecular complexity index is 71.8. The molecule has 0 aliphatic heterocycles. The average molecular weight is 126 g/mol. The maximum Gasteiger partial charge on any atom is 0.00860 e. The highest BCUT2D eigenvalue weighted by Gasteiger charge is 1.65. The normalized spacial score (nSPS) is 6.22. The lowest BCUT2D eigenvalue weighted by Gasteiger charge is -1.74. The highest BCUT2D eigenvalue weighted by molar-refractivity contribution is 4.96. The van der Waals surface area contributed by atoms with E-state index in [2.05, 4.69) is 25.7 Å². The molecule has 0 aromatic heterocycles. The zero-order valence-corrected chi connectivity index (χ0v) is 7.12. The van der Waals surface area contributed by atoms with E-state index in [4.69, 9.17) is 0 Å². The first-order valence-corrected chi connectivity index (χ1v) is 3.87. The number of hydrogen-bond donors (Lipinski definition) is 0. The zero-order valence-electron chi connectivity index (χ0n) is 7.12. The van der Waals surface area contributed by atoms with Crippen LogP contribution in [0.3, 0.4) is 0 Å². The van der Waals surface area contributed by atoms with E-state index in [1.165, 1.54) is 6.42 Å². The number of hydrogen-bond acceptors (Lipinski definition) is 0. The van der Waals surface area contributed by atoms with Crippen molar-refractivity contribution >= 4 is 0 Å². The van der Waals surface area contributed by atoms with Crippen LogP contribution in [-0.2, 0) is 0 Å². The summed E-state index contributed by atoms with van der Waals surface area (Å²) < 4.78 is 0. The fraction of sp³-hybridized carbons (Fsp3) is 0.778. The van der Waals surface area contributed by atoms with Crippen molar-refractivity contribution in [2.24, 2.45) is 0 Å². The van der Waals surface area contributed by atoms with Crippen molar-refractivity contribution in [3.63, 3.8) is 0 Å². The maximum absolute atomic E-state index is 3.03. The third-order valence-corrected chi connectivity index (χ3v) is 0.677. The van der Waals surface area contributed by atoms with Crippen molar-refractivity contribution in [2.45, 2.75) is 47.0 Å². The van der Waals surface area contributed by atoms with Gasteiger partial charge in [-0.25, -0.2) is 0 Å². The SMILES string of the molecule is CC.CCC#CCCC. The first-order valence-electron chi connectivity index (χ1n) is 3.87. The molecule has 0 amide bonds. The summed E-state index contributed by atoms with van der Waals surface area (Å²) in [5, 5.41) is 0. The van der Waals surface area contributed by atoms with E-state index in [1.54, 1.807) is 0 Å². The highest BCUT2D eigenvalue weighted by atomic mass is 13.7. The van der Waals surface area contributed by atoms with Gasteiger partial charge in [0.05, 0.1) is 0 Å². The minimum atomic E-state index is 1.00. The van der Waals surface area contributed by atoms with Crippen LogP contribution >= 0.6 is 0 Å². The van der Waals surface area contributed by atoms with E-state index in [0.29, 0.717) is 0 Å². The van der Waals surface area contributed by atoms with E-state index >= 15 is 0 Å². The summed E-state index contributed by atoms with van der Waals surface area (Å²) in [5.74, 6) is 6.03. The zero-order chi connectivity index (χ0) is 7.54. The van der Waals surface area contributed by atoms with E-state index < -0.39 is 0 Å². The Balaban J connectivity index is 0. The van der Waals surface area contributed by atoms with Gasteiger partial charge in [0.2, 0.25) is 0 Å². The van der Waals surface area contributed by atoms with Gasteiger partial charge in [-0.1, -0.05) is 27.7 Å². The van der Waals surface area contributed by atoms with E-state index in [1.807, 2.05) is 13.8 Å². The van der Waals surface area contributed by atoms with Crippen LogP contribution in [0.25, 0.3) is 0 Å². The molecule has 0 saturated heterocycles. The van der Waals surface area contributed by atoms with Crippen LogP contribution in [-0.4, -0.2) is 0 Å². The molecule has 54 valence electrons. The predicted molar refractivity (Wildman–Crippen MR) is 44.3 cm³/mol. The maximum atomic E-state index is 3.03. The molecule has 9 heavy (non-hydrogen) atoms. The Labute approximate surface area is 59.7 Å². The van der Waals surface area contributed by atoms with Crippen molar-refractivity contribution in [2.75, 3.05) is 0 Å². The van der Waals surface area contributed by atoms with Crippen LogP contribution in [0, 0.1) is 11.8 Å².